The van der Waals surface area contributed by atoms with E-state index in [1.54, 1.807) is 17.7 Å². The van der Waals surface area contributed by atoms with E-state index in [0.29, 0.717) is 11.8 Å². The molecule has 0 amide bonds. The third-order valence-corrected chi connectivity index (χ3v) is 3.64. The number of nitrogens with zero attached hydrogens (tertiary/aromatic N) is 4. The predicted octanol–water partition coefficient (Wildman–Crippen LogP) is 2.32. The Kier molecular flexibility index (Phi) is 1.54. The zero-order valence-corrected chi connectivity index (χ0v) is 9.15. The van der Waals surface area contributed by atoms with E-state index in [2.05, 4.69) is 15.1 Å². The zero-order valence-electron chi connectivity index (χ0n) is 8.33. The van der Waals surface area contributed by atoms with Crippen LogP contribution in [0.3, 0.4) is 0 Å². The molecule has 0 bridgehead atoms. The molecule has 0 saturated heterocycles. The van der Waals surface area contributed by atoms with Gasteiger partial charge in [0, 0.05) is 11.3 Å². The van der Waals surface area contributed by atoms with Gasteiger partial charge >= 0.3 is 0 Å². The summed E-state index contributed by atoms with van der Waals surface area (Å²) in [5.74, 6) is 1.95. The van der Waals surface area contributed by atoms with E-state index >= 15 is 0 Å². The minimum atomic E-state index is 0.523. The molecule has 1 saturated carbocycles. The van der Waals surface area contributed by atoms with E-state index in [9.17, 15) is 0 Å². The van der Waals surface area contributed by atoms with E-state index in [4.69, 9.17) is 4.52 Å². The second kappa shape index (κ2) is 2.91. The van der Waals surface area contributed by atoms with Crippen molar-refractivity contribution < 1.29 is 4.52 Å². The molecule has 0 aromatic carbocycles. The fourth-order valence-electron chi connectivity index (χ4n) is 1.72. The molecule has 1 aliphatic carbocycles. The summed E-state index contributed by atoms with van der Waals surface area (Å²) in [6, 6.07) is 0. The highest BCUT2D eigenvalue weighted by Gasteiger charge is 2.29. The highest BCUT2D eigenvalue weighted by molar-refractivity contribution is 7.15. The van der Waals surface area contributed by atoms with Crippen molar-refractivity contribution >= 4 is 16.2 Å². The lowest BCUT2D eigenvalue weighted by atomic mass is 10.4. The maximum Gasteiger partial charge on any atom is 0.275 e. The first-order valence-corrected chi connectivity index (χ1v) is 6.03. The molecule has 5 nitrogen and oxygen atoms in total. The van der Waals surface area contributed by atoms with Gasteiger partial charge in [-0.2, -0.15) is 4.98 Å². The highest BCUT2D eigenvalue weighted by Crippen LogP contribution is 2.39. The van der Waals surface area contributed by atoms with Crippen LogP contribution in [0.1, 0.15) is 24.6 Å². The molecule has 16 heavy (non-hydrogen) atoms. The Labute approximate surface area is 94.7 Å². The Morgan fingerprint density at radius 2 is 2.38 bits per heavy atom. The number of hydrogen-bond donors (Lipinski definition) is 0. The molecule has 3 heterocycles. The Balaban J connectivity index is 1.86. The summed E-state index contributed by atoms with van der Waals surface area (Å²) >= 11 is 1.62. The van der Waals surface area contributed by atoms with Crippen molar-refractivity contribution in [3.05, 3.63) is 23.7 Å². The van der Waals surface area contributed by atoms with Crippen molar-refractivity contribution in [3.8, 4) is 11.6 Å². The maximum atomic E-state index is 5.28. The minimum Gasteiger partial charge on any atom is -0.332 e. The number of fused-ring (bicyclic) bond motifs is 1. The molecule has 1 fully saturated rings. The summed E-state index contributed by atoms with van der Waals surface area (Å²) in [7, 11) is 0. The SMILES string of the molecule is c1sc2cncn2c1-c1nc(C2CC2)no1. The molecular weight excluding hydrogens is 224 g/mol. The van der Waals surface area contributed by atoms with Gasteiger partial charge in [-0.15, -0.1) is 11.3 Å². The largest absolute Gasteiger partial charge is 0.332 e. The molecule has 0 N–H and O–H groups in total. The first kappa shape index (κ1) is 8.46. The molecule has 4 rings (SSSR count). The van der Waals surface area contributed by atoms with E-state index < -0.39 is 0 Å². The topological polar surface area (TPSA) is 56.2 Å². The highest BCUT2D eigenvalue weighted by atomic mass is 32.1. The van der Waals surface area contributed by atoms with Gasteiger partial charge < -0.3 is 4.52 Å². The summed E-state index contributed by atoms with van der Waals surface area (Å²) in [5, 5.41) is 6.03. The third-order valence-electron chi connectivity index (χ3n) is 2.76. The Morgan fingerprint density at radius 3 is 3.25 bits per heavy atom. The molecule has 1 aliphatic rings. The number of aromatic nitrogens is 4. The molecule has 0 radical (unpaired) electrons. The lowest BCUT2D eigenvalue weighted by Crippen LogP contribution is -1.85. The molecule has 6 heteroatoms. The van der Waals surface area contributed by atoms with Crippen molar-refractivity contribution in [2.24, 2.45) is 0 Å². The fraction of sp³-hybridized carbons (Fsp3) is 0.300. The first-order chi connectivity index (χ1) is 7.92. The molecule has 0 aliphatic heterocycles. The van der Waals surface area contributed by atoms with Crippen LogP contribution in [-0.4, -0.2) is 19.5 Å². The van der Waals surface area contributed by atoms with Gasteiger partial charge in [-0.3, -0.25) is 4.40 Å². The second-order valence-electron chi connectivity index (χ2n) is 3.95. The van der Waals surface area contributed by atoms with Crippen LogP contribution in [0, 0.1) is 0 Å². The van der Waals surface area contributed by atoms with Gasteiger partial charge in [-0.05, 0) is 12.8 Å². The summed E-state index contributed by atoms with van der Waals surface area (Å²) in [6.07, 6.45) is 5.96. The number of imidazole rings is 1. The predicted molar refractivity (Wildman–Crippen MR) is 58.3 cm³/mol. The number of hydrogen-bond acceptors (Lipinski definition) is 5. The first-order valence-electron chi connectivity index (χ1n) is 5.15. The van der Waals surface area contributed by atoms with Crippen LogP contribution in [0.15, 0.2) is 22.4 Å². The van der Waals surface area contributed by atoms with Gasteiger partial charge in [0.2, 0.25) is 0 Å². The summed E-state index contributed by atoms with van der Waals surface area (Å²) in [6.45, 7) is 0. The fourth-order valence-corrected chi connectivity index (χ4v) is 2.55. The average Bonchev–Trinajstić information content (AvgIpc) is 2.76. The smallest absolute Gasteiger partial charge is 0.275 e. The van der Waals surface area contributed by atoms with Crippen LogP contribution >= 0.6 is 11.3 Å². The van der Waals surface area contributed by atoms with Crippen molar-refractivity contribution in [2.75, 3.05) is 0 Å². The van der Waals surface area contributed by atoms with E-state index in [1.165, 1.54) is 12.8 Å². The molecule has 3 aromatic rings. The van der Waals surface area contributed by atoms with E-state index in [0.717, 1.165) is 16.3 Å². The van der Waals surface area contributed by atoms with E-state index in [-0.39, 0.29) is 0 Å². The van der Waals surface area contributed by atoms with Crippen LogP contribution in [0.5, 0.6) is 0 Å². The molecule has 80 valence electrons. The second-order valence-corrected chi connectivity index (χ2v) is 4.84. The number of rotatable bonds is 2. The van der Waals surface area contributed by atoms with Crippen LogP contribution in [0.2, 0.25) is 0 Å². The average molecular weight is 232 g/mol. The Morgan fingerprint density at radius 1 is 1.44 bits per heavy atom. The van der Waals surface area contributed by atoms with Crippen molar-refractivity contribution in [2.45, 2.75) is 18.8 Å². The van der Waals surface area contributed by atoms with Crippen LogP contribution in [-0.2, 0) is 0 Å². The summed E-state index contributed by atoms with van der Waals surface area (Å²) < 4.78 is 7.25. The van der Waals surface area contributed by atoms with Gasteiger partial charge in [0.1, 0.15) is 16.9 Å². The lowest BCUT2D eigenvalue weighted by Gasteiger charge is -1.89. The van der Waals surface area contributed by atoms with E-state index in [1.807, 2.05) is 16.0 Å². The van der Waals surface area contributed by atoms with Gasteiger partial charge in [0.05, 0.1) is 6.20 Å². The number of thiazole rings is 1. The molecular formula is C10H8N4OS. The molecule has 0 atom stereocenters. The van der Waals surface area contributed by atoms with Crippen molar-refractivity contribution in [1.82, 2.24) is 19.5 Å². The third kappa shape index (κ3) is 1.13. The molecule has 0 spiro atoms. The summed E-state index contributed by atoms with van der Waals surface area (Å²) in [5.41, 5.74) is 0.928. The van der Waals surface area contributed by atoms with Gasteiger partial charge in [0.15, 0.2) is 5.82 Å². The molecule has 0 unspecified atom stereocenters. The zero-order chi connectivity index (χ0) is 10.5. The van der Waals surface area contributed by atoms with Gasteiger partial charge in [-0.1, -0.05) is 5.16 Å². The van der Waals surface area contributed by atoms with Crippen LogP contribution in [0.4, 0.5) is 0 Å². The normalized spacial score (nSPS) is 16.0. The van der Waals surface area contributed by atoms with Gasteiger partial charge in [0.25, 0.3) is 5.89 Å². The summed E-state index contributed by atoms with van der Waals surface area (Å²) in [4.78, 5) is 9.59. The van der Waals surface area contributed by atoms with Gasteiger partial charge in [-0.25, -0.2) is 4.98 Å². The lowest BCUT2D eigenvalue weighted by molar-refractivity contribution is 0.421. The van der Waals surface area contributed by atoms with Crippen molar-refractivity contribution in [3.63, 3.8) is 0 Å². The standard InChI is InChI=1S/C10H8N4OS/c1-2-6(1)9-12-10(15-13-9)7-4-16-8-3-11-5-14(7)8/h3-6H,1-2H2. The Bertz CT molecular complexity index is 648. The van der Waals surface area contributed by atoms with Crippen LogP contribution in [0.25, 0.3) is 16.4 Å². The Hall–Kier alpha value is -1.69. The van der Waals surface area contributed by atoms with Crippen LogP contribution < -0.4 is 0 Å². The monoisotopic (exact) mass is 232 g/mol. The quantitative estimate of drug-likeness (QED) is 0.680. The van der Waals surface area contributed by atoms with Crippen molar-refractivity contribution in [1.29, 1.82) is 0 Å². The molecule has 3 aromatic heterocycles. The minimum absolute atomic E-state index is 0.523. The maximum absolute atomic E-state index is 5.28.